The van der Waals surface area contributed by atoms with Crippen LogP contribution in [0.5, 0.6) is 0 Å². The minimum absolute atomic E-state index is 0.00725. The third kappa shape index (κ3) is 2.84. The molecule has 2 heterocycles. The van der Waals surface area contributed by atoms with E-state index in [2.05, 4.69) is 4.98 Å². The number of hydrogen-bond acceptors (Lipinski definition) is 4. The van der Waals surface area contributed by atoms with Gasteiger partial charge in [0.2, 0.25) is 10.0 Å². The number of carbonyl (C=O) groups excluding carboxylic acids is 1. The average Bonchev–Trinajstić information content (AvgIpc) is 2.47. The molecule has 1 aliphatic heterocycles. The van der Waals surface area contributed by atoms with Crippen LogP contribution in [0, 0.1) is 0 Å². The fourth-order valence-electron chi connectivity index (χ4n) is 2.39. The van der Waals surface area contributed by atoms with Crippen molar-refractivity contribution in [1.82, 2.24) is 9.29 Å². The van der Waals surface area contributed by atoms with E-state index in [1.165, 1.54) is 22.8 Å². The van der Waals surface area contributed by atoms with Crippen molar-refractivity contribution in [1.29, 1.82) is 0 Å². The number of hydrogen-bond donors (Lipinski definition) is 0. The van der Waals surface area contributed by atoms with Crippen LogP contribution in [-0.4, -0.2) is 36.1 Å². The van der Waals surface area contributed by atoms with Crippen molar-refractivity contribution in [3.05, 3.63) is 24.5 Å². The highest BCUT2D eigenvalue weighted by Gasteiger charge is 2.36. The molecule has 1 aromatic rings. The van der Waals surface area contributed by atoms with Gasteiger partial charge in [-0.15, -0.1) is 0 Å². The van der Waals surface area contributed by atoms with Crippen LogP contribution in [0.3, 0.4) is 0 Å². The average molecular weight is 282 g/mol. The smallest absolute Gasteiger partial charge is 0.245 e. The number of nitrogens with zero attached hydrogens (tertiary/aromatic N) is 2. The molecule has 0 bridgehead atoms. The Labute approximate surface area is 113 Å². The molecule has 0 saturated carbocycles. The summed E-state index contributed by atoms with van der Waals surface area (Å²) in [6.45, 7) is 2.18. The number of rotatable bonds is 4. The van der Waals surface area contributed by atoms with E-state index < -0.39 is 16.1 Å². The Morgan fingerprint density at radius 3 is 2.89 bits per heavy atom. The van der Waals surface area contributed by atoms with Crippen LogP contribution in [0.15, 0.2) is 29.4 Å². The van der Waals surface area contributed by atoms with Crippen molar-refractivity contribution in [3.63, 3.8) is 0 Å². The summed E-state index contributed by atoms with van der Waals surface area (Å²) >= 11 is 0. The fraction of sp³-hybridized carbons (Fsp3) is 0.538. The molecule has 1 aliphatic rings. The van der Waals surface area contributed by atoms with Crippen molar-refractivity contribution in [3.8, 4) is 0 Å². The normalized spacial score (nSPS) is 21.2. The zero-order valence-electron chi connectivity index (χ0n) is 10.9. The molecule has 0 amide bonds. The maximum absolute atomic E-state index is 12.6. The van der Waals surface area contributed by atoms with Crippen LogP contribution in [0.1, 0.15) is 32.6 Å². The van der Waals surface area contributed by atoms with Gasteiger partial charge in [0.15, 0.2) is 5.78 Å². The van der Waals surface area contributed by atoms with Crippen LogP contribution in [-0.2, 0) is 14.8 Å². The van der Waals surface area contributed by atoms with Crippen molar-refractivity contribution in [2.75, 3.05) is 6.54 Å². The summed E-state index contributed by atoms with van der Waals surface area (Å²) < 4.78 is 26.5. The summed E-state index contributed by atoms with van der Waals surface area (Å²) in [4.78, 5) is 15.9. The summed E-state index contributed by atoms with van der Waals surface area (Å²) in [5, 5.41) is 0. The molecule has 0 radical (unpaired) electrons. The van der Waals surface area contributed by atoms with Crippen LogP contribution < -0.4 is 0 Å². The van der Waals surface area contributed by atoms with E-state index in [9.17, 15) is 13.2 Å². The van der Waals surface area contributed by atoms with Gasteiger partial charge in [-0.05, 0) is 25.0 Å². The number of Topliss-reactive ketones (excluding diaryl/α,β-unsaturated/α-hetero) is 1. The second-order valence-corrected chi connectivity index (χ2v) is 6.53. The lowest BCUT2D eigenvalue weighted by Gasteiger charge is -2.33. The van der Waals surface area contributed by atoms with Gasteiger partial charge in [-0.2, -0.15) is 4.31 Å². The van der Waals surface area contributed by atoms with Gasteiger partial charge in [-0.25, -0.2) is 8.42 Å². The molecule has 0 aliphatic carbocycles. The van der Waals surface area contributed by atoms with Gasteiger partial charge < -0.3 is 0 Å². The van der Waals surface area contributed by atoms with Crippen molar-refractivity contribution < 1.29 is 13.2 Å². The molecular formula is C13H18N2O3S. The summed E-state index contributed by atoms with van der Waals surface area (Å²) in [5.74, 6) is -0.00725. The van der Waals surface area contributed by atoms with Gasteiger partial charge in [0.05, 0.1) is 6.04 Å². The minimum Gasteiger partial charge on any atom is -0.298 e. The number of aromatic nitrogens is 1. The molecule has 104 valence electrons. The monoisotopic (exact) mass is 282 g/mol. The number of piperidine rings is 1. The van der Waals surface area contributed by atoms with E-state index in [1.807, 2.05) is 0 Å². The van der Waals surface area contributed by atoms with E-state index in [1.54, 1.807) is 13.0 Å². The Morgan fingerprint density at radius 1 is 1.47 bits per heavy atom. The van der Waals surface area contributed by atoms with Gasteiger partial charge in [-0.1, -0.05) is 13.3 Å². The lowest BCUT2D eigenvalue weighted by molar-refractivity contribution is -0.123. The molecule has 0 N–H and O–H groups in total. The van der Waals surface area contributed by atoms with Gasteiger partial charge in [0.25, 0.3) is 0 Å². The Bertz CT molecular complexity index is 542. The second-order valence-electron chi connectivity index (χ2n) is 4.64. The molecular weight excluding hydrogens is 264 g/mol. The first-order valence-electron chi connectivity index (χ1n) is 6.52. The Kier molecular flexibility index (Phi) is 4.31. The van der Waals surface area contributed by atoms with E-state index in [4.69, 9.17) is 0 Å². The lowest BCUT2D eigenvalue weighted by atomic mass is 10.00. The largest absolute Gasteiger partial charge is 0.298 e. The number of ketones is 1. The SMILES string of the molecule is CCC(=O)[C@H]1CCCCN1S(=O)(=O)c1cccnc1. The quantitative estimate of drug-likeness (QED) is 0.841. The molecule has 0 unspecified atom stereocenters. The molecule has 1 aromatic heterocycles. The highest BCUT2D eigenvalue weighted by molar-refractivity contribution is 7.89. The van der Waals surface area contributed by atoms with Gasteiger partial charge >= 0.3 is 0 Å². The first kappa shape index (κ1) is 14.1. The van der Waals surface area contributed by atoms with Gasteiger partial charge in [0, 0.05) is 25.4 Å². The first-order valence-corrected chi connectivity index (χ1v) is 7.96. The molecule has 19 heavy (non-hydrogen) atoms. The maximum atomic E-state index is 12.6. The minimum atomic E-state index is -3.62. The molecule has 1 atom stereocenters. The third-order valence-corrected chi connectivity index (χ3v) is 5.31. The molecule has 0 spiro atoms. The van der Waals surface area contributed by atoms with Crippen LogP contribution in [0.4, 0.5) is 0 Å². The van der Waals surface area contributed by atoms with Crippen LogP contribution in [0.25, 0.3) is 0 Å². The standard InChI is InChI=1S/C13H18N2O3S/c1-2-13(16)12-7-3-4-9-15(12)19(17,18)11-6-5-8-14-10-11/h5-6,8,10,12H,2-4,7,9H2,1H3/t12-/m1/s1. The summed E-state index contributed by atoms with van der Waals surface area (Å²) in [7, 11) is -3.62. The van der Waals surface area contributed by atoms with Crippen molar-refractivity contribution >= 4 is 15.8 Å². The predicted octanol–water partition coefficient (Wildman–Crippen LogP) is 1.60. The third-order valence-electron chi connectivity index (χ3n) is 3.41. The molecule has 0 aromatic carbocycles. The summed E-state index contributed by atoms with van der Waals surface area (Å²) in [6.07, 6.45) is 5.54. The highest BCUT2D eigenvalue weighted by Crippen LogP contribution is 2.25. The Hall–Kier alpha value is -1.27. The van der Waals surface area contributed by atoms with E-state index in [0.29, 0.717) is 19.4 Å². The maximum Gasteiger partial charge on any atom is 0.245 e. The predicted molar refractivity (Wildman–Crippen MR) is 71.1 cm³/mol. The fourth-order valence-corrected chi connectivity index (χ4v) is 4.03. The summed E-state index contributed by atoms with van der Waals surface area (Å²) in [6, 6.07) is 2.60. The first-order chi connectivity index (χ1) is 9.07. The van der Waals surface area contributed by atoms with Crippen LogP contribution >= 0.6 is 0 Å². The van der Waals surface area contributed by atoms with Crippen molar-refractivity contribution in [2.45, 2.75) is 43.5 Å². The Morgan fingerprint density at radius 2 is 2.26 bits per heavy atom. The molecule has 2 rings (SSSR count). The van der Waals surface area contributed by atoms with E-state index >= 15 is 0 Å². The Balaban J connectivity index is 2.35. The number of carbonyl (C=O) groups is 1. The molecule has 1 saturated heterocycles. The van der Waals surface area contributed by atoms with Gasteiger partial charge in [0.1, 0.15) is 4.90 Å². The highest BCUT2D eigenvalue weighted by atomic mass is 32.2. The zero-order chi connectivity index (χ0) is 13.9. The molecule has 6 heteroatoms. The topological polar surface area (TPSA) is 67.3 Å². The van der Waals surface area contributed by atoms with Gasteiger partial charge in [-0.3, -0.25) is 9.78 Å². The zero-order valence-corrected chi connectivity index (χ0v) is 11.8. The van der Waals surface area contributed by atoms with Crippen molar-refractivity contribution in [2.24, 2.45) is 0 Å². The number of sulfonamides is 1. The van der Waals surface area contributed by atoms with E-state index in [-0.39, 0.29) is 10.7 Å². The second kappa shape index (κ2) is 5.79. The van der Waals surface area contributed by atoms with E-state index in [0.717, 1.165) is 12.8 Å². The van der Waals surface area contributed by atoms with Crippen LogP contribution in [0.2, 0.25) is 0 Å². The molecule has 1 fully saturated rings. The molecule has 5 nitrogen and oxygen atoms in total. The lowest BCUT2D eigenvalue weighted by Crippen LogP contribution is -2.47. The number of pyridine rings is 1. The summed E-state index contributed by atoms with van der Waals surface area (Å²) in [5.41, 5.74) is 0.